The smallest absolute Gasteiger partial charge is 0.306 e. The number of rotatable bonds is 66. The van der Waals surface area contributed by atoms with E-state index in [1.807, 2.05) is 0 Å². The molecule has 0 aliphatic rings. The van der Waals surface area contributed by atoms with Crippen LogP contribution in [-0.2, 0) is 28.6 Å². The molecule has 0 rings (SSSR count). The molecule has 0 bridgehead atoms. The Morgan fingerprint density at radius 2 is 0.494 bits per heavy atom. The van der Waals surface area contributed by atoms with Crippen molar-refractivity contribution in [3.63, 3.8) is 0 Å². The lowest BCUT2D eigenvalue weighted by atomic mass is 10.0. The van der Waals surface area contributed by atoms with E-state index in [-0.39, 0.29) is 31.1 Å². The Morgan fingerprint density at radius 3 is 0.795 bits per heavy atom. The van der Waals surface area contributed by atoms with E-state index < -0.39 is 6.10 Å². The van der Waals surface area contributed by atoms with Gasteiger partial charge in [0.15, 0.2) is 6.10 Å². The van der Waals surface area contributed by atoms with Gasteiger partial charge in [0.05, 0.1) is 0 Å². The van der Waals surface area contributed by atoms with Gasteiger partial charge in [-0.3, -0.25) is 14.4 Å². The number of unbranched alkanes of at least 4 members (excludes halogenated alkanes) is 41. The number of esters is 3. The van der Waals surface area contributed by atoms with E-state index in [1.165, 1.54) is 218 Å². The first-order valence-corrected chi connectivity index (χ1v) is 36.1. The summed E-state index contributed by atoms with van der Waals surface area (Å²) in [4.78, 5) is 38.4. The summed E-state index contributed by atoms with van der Waals surface area (Å²) in [6.45, 7) is 6.49. The fourth-order valence-electron chi connectivity index (χ4n) is 10.5. The number of carbonyl (C=O) groups is 3. The summed E-state index contributed by atoms with van der Waals surface area (Å²) in [5.41, 5.74) is 0. The minimum Gasteiger partial charge on any atom is -0.462 e. The molecule has 6 nitrogen and oxygen atoms in total. The van der Waals surface area contributed by atoms with Gasteiger partial charge in [-0.15, -0.1) is 0 Å². The van der Waals surface area contributed by atoms with Crippen molar-refractivity contribution in [1.82, 2.24) is 0 Å². The van der Waals surface area contributed by atoms with Crippen LogP contribution in [0.25, 0.3) is 0 Å². The molecule has 0 N–H and O–H groups in total. The fourth-order valence-corrected chi connectivity index (χ4v) is 10.5. The topological polar surface area (TPSA) is 78.9 Å². The lowest BCUT2D eigenvalue weighted by Gasteiger charge is -2.18. The molecular formula is C77H136O6. The maximum atomic E-state index is 12.9. The van der Waals surface area contributed by atoms with Gasteiger partial charge in [-0.1, -0.05) is 324 Å². The Balaban J connectivity index is 4.11. The highest BCUT2D eigenvalue weighted by molar-refractivity contribution is 5.71. The predicted molar refractivity (Wildman–Crippen MR) is 362 cm³/mol. The van der Waals surface area contributed by atoms with Crippen molar-refractivity contribution in [3.05, 3.63) is 85.1 Å². The summed E-state index contributed by atoms with van der Waals surface area (Å²) in [6.07, 6.45) is 94.9. The van der Waals surface area contributed by atoms with Gasteiger partial charge >= 0.3 is 17.9 Å². The molecule has 0 heterocycles. The second-order valence-electron chi connectivity index (χ2n) is 24.1. The summed E-state index contributed by atoms with van der Waals surface area (Å²) in [5, 5.41) is 0. The summed E-state index contributed by atoms with van der Waals surface area (Å²) in [7, 11) is 0. The van der Waals surface area contributed by atoms with E-state index >= 15 is 0 Å². The number of hydrogen-bond acceptors (Lipinski definition) is 6. The molecule has 1 atom stereocenters. The fraction of sp³-hybridized carbons (Fsp3) is 0.779. The zero-order valence-corrected chi connectivity index (χ0v) is 55.2. The van der Waals surface area contributed by atoms with Gasteiger partial charge in [0, 0.05) is 19.3 Å². The Kier molecular flexibility index (Phi) is 68.2. The van der Waals surface area contributed by atoms with Crippen LogP contribution in [0.2, 0.25) is 0 Å². The van der Waals surface area contributed by atoms with Gasteiger partial charge in [-0.25, -0.2) is 0 Å². The number of ether oxygens (including phenoxy) is 3. The van der Waals surface area contributed by atoms with E-state index in [4.69, 9.17) is 14.2 Å². The van der Waals surface area contributed by atoms with Crippen LogP contribution in [0.5, 0.6) is 0 Å². The lowest BCUT2D eigenvalue weighted by molar-refractivity contribution is -0.167. The summed E-state index contributed by atoms with van der Waals surface area (Å²) < 4.78 is 17.0. The third kappa shape index (κ3) is 69.3. The van der Waals surface area contributed by atoms with Crippen molar-refractivity contribution < 1.29 is 28.6 Å². The minimum atomic E-state index is -0.783. The normalized spacial score (nSPS) is 12.6. The first-order valence-electron chi connectivity index (χ1n) is 36.1. The van der Waals surface area contributed by atoms with Crippen molar-refractivity contribution in [2.45, 2.75) is 374 Å². The molecule has 480 valence electrons. The standard InChI is InChI=1S/C77H136O6/c1-4-7-10-13-16-19-22-25-27-29-30-31-32-33-34-35-36-37-38-39-40-41-42-43-44-45-46-48-49-52-55-58-61-64-67-70-76(79)82-73-74(72-81-75(78)69-66-63-60-57-54-51-24-21-18-15-12-9-6-3)83-77(80)71-68-65-62-59-56-53-50-47-28-26-23-20-17-14-11-8-5-2/h7,10,12,15-16,19,21,24-28,30-31,74H,4-6,8-9,11,13-14,17-18,20,22-23,29,32-73H2,1-3H3/b10-7-,15-12-,19-16-,24-21-,27-25-,28-26-,31-30-. The Morgan fingerprint density at radius 1 is 0.253 bits per heavy atom. The van der Waals surface area contributed by atoms with Crippen LogP contribution in [0.15, 0.2) is 85.1 Å². The van der Waals surface area contributed by atoms with Gasteiger partial charge in [-0.05, 0) is 109 Å². The second kappa shape index (κ2) is 71.1. The Labute approximate surface area is 515 Å². The van der Waals surface area contributed by atoms with Crippen LogP contribution in [0.1, 0.15) is 367 Å². The van der Waals surface area contributed by atoms with E-state index in [0.29, 0.717) is 19.3 Å². The van der Waals surface area contributed by atoms with Crippen LogP contribution in [0.3, 0.4) is 0 Å². The number of carbonyl (C=O) groups excluding carboxylic acids is 3. The third-order valence-electron chi connectivity index (χ3n) is 15.8. The monoisotopic (exact) mass is 1160 g/mol. The van der Waals surface area contributed by atoms with Crippen LogP contribution >= 0.6 is 0 Å². The van der Waals surface area contributed by atoms with E-state index in [2.05, 4.69) is 106 Å². The summed E-state index contributed by atoms with van der Waals surface area (Å²) in [5.74, 6) is -0.878. The van der Waals surface area contributed by atoms with Gasteiger partial charge in [0.2, 0.25) is 0 Å². The number of hydrogen-bond donors (Lipinski definition) is 0. The quantitative estimate of drug-likeness (QED) is 0.0261. The van der Waals surface area contributed by atoms with Gasteiger partial charge in [0.25, 0.3) is 0 Å². The molecular weight excluding hydrogens is 1020 g/mol. The van der Waals surface area contributed by atoms with Crippen LogP contribution in [0, 0.1) is 0 Å². The van der Waals surface area contributed by atoms with Crippen molar-refractivity contribution in [2.24, 2.45) is 0 Å². The average Bonchev–Trinajstić information content (AvgIpc) is 3.49. The van der Waals surface area contributed by atoms with E-state index in [0.717, 1.165) is 109 Å². The molecule has 0 spiro atoms. The second-order valence-corrected chi connectivity index (χ2v) is 24.1. The molecule has 0 amide bonds. The molecule has 0 aromatic heterocycles. The maximum absolute atomic E-state index is 12.9. The Bertz CT molecular complexity index is 1570. The molecule has 0 aliphatic carbocycles. The largest absolute Gasteiger partial charge is 0.462 e. The predicted octanol–water partition coefficient (Wildman–Crippen LogP) is 25.0. The molecule has 0 fully saturated rings. The molecule has 0 aliphatic heterocycles. The molecule has 0 saturated heterocycles. The SMILES string of the molecule is CC/C=C\C/C=C\C/C=C\C/C=C\CCCCCCCCCCCCCCCCCCCCCCCCC(=O)OCC(COC(=O)CCCCCCC/C=C\C/C=C\CCC)OC(=O)CCCCCCCCC/C=C\CCCCCCCC. The highest BCUT2D eigenvalue weighted by atomic mass is 16.6. The average molecular weight is 1160 g/mol. The maximum Gasteiger partial charge on any atom is 0.306 e. The molecule has 0 radical (unpaired) electrons. The van der Waals surface area contributed by atoms with E-state index in [1.54, 1.807) is 0 Å². The Hall–Kier alpha value is -3.41. The van der Waals surface area contributed by atoms with E-state index in [9.17, 15) is 14.4 Å². The first-order chi connectivity index (χ1) is 41.0. The van der Waals surface area contributed by atoms with Crippen molar-refractivity contribution in [1.29, 1.82) is 0 Å². The lowest BCUT2D eigenvalue weighted by Crippen LogP contribution is -2.30. The highest BCUT2D eigenvalue weighted by Crippen LogP contribution is 2.18. The van der Waals surface area contributed by atoms with Crippen LogP contribution in [-0.4, -0.2) is 37.2 Å². The summed E-state index contributed by atoms with van der Waals surface area (Å²) in [6, 6.07) is 0. The van der Waals surface area contributed by atoms with Gasteiger partial charge in [-0.2, -0.15) is 0 Å². The van der Waals surface area contributed by atoms with Gasteiger partial charge in [0.1, 0.15) is 13.2 Å². The molecule has 6 heteroatoms. The molecule has 1 unspecified atom stereocenters. The first kappa shape index (κ1) is 79.6. The highest BCUT2D eigenvalue weighted by Gasteiger charge is 2.19. The number of allylic oxidation sites excluding steroid dienone is 14. The van der Waals surface area contributed by atoms with Crippen molar-refractivity contribution in [2.75, 3.05) is 13.2 Å². The third-order valence-corrected chi connectivity index (χ3v) is 15.8. The zero-order chi connectivity index (χ0) is 59.9. The molecule has 0 aromatic carbocycles. The zero-order valence-electron chi connectivity index (χ0n) is 55.2. The minimum absolute atomic E-state index is 0.0780. The van der Waals surface area contributed by atoms with Crippen LogP contribution in [0.4, 0.5) is 0 Å². The summed E-state index contributed by atoms with van der Waals surface area (Å²) >= 11 is 0. The molecule has 83 heavy (non-hydrogen) atoms. The molecule has 0 saturated carbocycles. The molecule has 0 aromatic rings. The van der Waals surface area contributed by atoms with Crippen LogP contribution < -0.4 is 0 Å². The van der Waals surface area contributed by atoms with Crippen molar-refractivity contribution in [3.8, 4) is 0 Å². The van der Waals surface area contributed by atoms with Crippen molar-refractivity contribution >= 4 is 17.9 Å². The van der Waals surface area contributed by atoms with Gasteiger partial charge < -0.3 is 14.2 Å².